The third kappa shape index (κ3) is 3.41. The maximum Gasteiger partial charge on any atom is 0.200 e. The molecule has 0 aromatic carbocycles. The molecule has 0 amide bonds. The van der Waals surface area contributed by atoms with Crippen molar-refractivity contribution in [1.82, 2.24) is 14.8 Å². The summed E-state index contributed by atoms with van der Waals surface area (Å²) in [5, 5.41) is 7.36. The Hall–Kier alpha value is -1.89. The number of hydrogen-bond acceptors (Lipinski definition) is 5. The normalized spacial score (nSPS) is 12.4. The molecule has 2 rings (SSSR count). The van der Waals surface area contributed by atoms with Gasteiger partial charge in [-0.2, -0.15) is 5.10 Å². The average molecular weight is 308 g/mol. The van der Waals surface area contributed by atoms with E-state index < -0.39 is 14.6 Å². The molecule has 6 nitrogen and oxygen atoms in total. The van der Waals surface area contributed by atoms with E-state index in [1.54, 1.807) is 37.7 Å². The Balaban J connectivity index is 2.09. The molecule has 1 N–H and O–H groups in total. The Bertz CT molecular complexity index is 712. The van der Waals surface area contributed by atoms with Gasteiger partial charge in [-0.15, -0.1) is 0 Å². The molecule has 0 bridgehead atoms. The highest BCUT2D eigenvalue weighted by Crippen LogP contribution is 2.23. The summed E-state index contributed by atoms with van der Waals surface area (Å²) in [6.45, 7) is 5.61. The summed E-state index contributed by atoms with van der Waals surface area (Å²) in [4.78, 5) is 4.06. The van der Waals surface area contributed by atoms with Crippen LogP contribution in [0.2, 0.25) is 0 Å². The molecule has 7 heteroatoms. The van der Waals surface area contributed by atoms with Crippen molar-refractivity contribution >= 4 is 15.5 Å². The molecule has 2 heterocycles. The molecule has 0 aliphatic carbocycles. The molecular weight excluding hydrogens is 288 g/mol. The van der Waals surface area contributed by atoms with Crippen LogP contribution in [0.5, 0.6) is 0 Å². The maximum absolute atomic E-state index is 12.3. The van der Waals surface area contributed by atoms with Crippen molar-refractivity contribution in [3.8, 4) is 0 Å². The Morgan fingerprint density at radius 1 is 1.24 bits per heavy atom. The van der Waals surface area contributed by atoms with E-state index in [1.807, 2.05) is 13.2 Å². The predicted octanol–water partition coefficient (Wildman–Crippen LogP) is 2.00. The molecule has 0 saturated carbocycles. The highest BCUT2D eigenvalue weighted by atomic mass is 32.2. The number of aromatic nitrogens is 3. The van der Waals surface area contributed by atoms with E-state index in [0.717, 1.165) is 11.3 Å². The van der Waals surface area contributed by atoms with Gasteiger partial charge in [-0.1, -0.05) is 0 Å². The van der Waals surface area contributed by atoms with E-state index >= 15 is 0 Å². The molecule has 114 valence electrons. The molecule has 2 aromatic rings. The SMILES string of the molecule is Cn1cc(CNc2ccc(S(=O)(=O)C(C)(C)C)nc2)cn1. The van der Waals surface area contributed by atoms with E-state index in [4.69, 9.17) is 0 Å². The Kier molecular flexibility index (Phi) is 4.04. The van der Waals surface area contributed by atoms with E-state index in [2.05, 4.69) is 15.4 Å². The molecule has 0 aliphatic heterocycles. The summed E-state index contributed by atoms with van der Waals surface area (Å²) in [6, 6.07) is 3.26. The quantitative estimate of drug-likeness (QED) is 0.935. The van der Waals surface area contributed by atoms with Crippen LogP contribution in [0.4, 0.5) is 5.69 Å². The second kappa shape index (κ2) is 5.48. The number of rotatable bonds is 4. The molecule has 0 spiro atoms. The monoisotopic (exact) mass is 308 g/mol. The van der Waals surface area contributed by atoms with Crippen LogP contribution < -0.4 is 5.32 Å². The third-order valence-corrected chi connectivity index (χ3v) is 5.48. The smallest absolute Gasteiger partial charge is 0.200 e. The summed E-state index contributed by atoms with van der Waals surface area (Å²) in [5.41, 5.74) is 1.82. The summed E-state index contributed by atoms with van der Waals surface area (Å²) in [7, 11) is -1.55. The van der Waals surface area contributed by atoms with E-state index in [1.165, 1.54) is 12.3 Å². The minimum Gasteiger partial charge on any atom is -0.380 e. The van der Waals surface area contributed by atoms with Crippen molar-refractivity contribution < 1.29 is 8.42 Å². The first-order valence-electron chi connectivity index (χ1n) is 6.62. The van der Waals surface area contributed by atoms with Crippen molar-refractivity contribution in [3.05, 3.63) is 36.3 Å². The predicted molar refractivity (Wildman–Crippen MR) is 81.7 cm³/mol. The van der Waals surface area contributed by atoms with Crippen LogP contribution in [-0.2, 0) is 23.4 Å². The third-order valence-electron chi connectivity index (χ3n) is 3.07. The molecule has 21 heavy (non-hydrogen) atoms. The van der Waals surface area contributed by atoms with Crippen LogP contribution in [0, 0.1) is 0 Å². The van der Waals surface area contributed by atoms with Crippen LogP contribution in [0.15, 0.2) is 35.7 Å². The van der Waals surface area contributed by atoms with Gasteiger partial charge in [0.1, 0.15) is 0 Å². The second-order valence-corrected chi connectivity index (χ2v) is 8.53. The lowest BCUT2D eigenvalue weighted by atomic mass is 10.3. The van der Waals surface area contributed by atoms with E-state index in [-0.39, 0.29) is 5.03 Å². The van der Waals surface area contributed by atoms with Gasteiger partial charge in [-0.05, 0) is 32.9 Å². The van der Waals surface area contributed by atoms with E-state index in [0.29, 0.717) is 6.54 Å². The van der Waals surface area contributed by atoms with Crippen molar-refractivity contribution in [2.75, 3.05) is 5.32 Å². The Morgan fingerprint density at radius 3 is 2.43 bits per heavy atom. The summed E-state index contributed by atoms with van der Waals surface area (Å²) in [5.74, 6) is 0. The number of nitrogens with zero attached hydrogens (tertiary/aromatic N) is 3. The first-order valence-corrected chi connectivity index (χ1v) is 8.10. The highest BCUT2D eigenvalue weighted by Gasteiger charge is 2.31. The average Bonchev–Trinajstić information content (AvgIpc) is 2.81. The maximum atomic E-state index is 12.3. The summed E-state index contributed by atoms with van der Waals surface area (Å²) in [6.07, 6.45) is 5.23. The number of nitrogens with one attached hydrogen (secondary N) is 1. The molecule has 2 aromatic heterocycles. The van der Waals surface area contributed by atoms with Gasteiger partial charge in [0.25, 0.3) is 0 Å². The van der Waals surface area contributed by atoms with Gasteiger partial charge in [0, 0.05) is 25.4 Å². The summed E-state index contributed by atoms with van der Waals surface area (Å²) < 4.78 is 25.4. The Morgan fingerprint density at radius 2 is 1.95 bits per heavy atom. The van der Waals surface area contributed by atoms with Crippen molar-refractivity contribution in [1.29, 1.82) is 0 Å². The van der Waals surface area contributed by atoms with Crippen molar-refractivity contribution in [3.63, 3.8) is 0 Å². The molecule has 0 atom stereocenters. The lowest BCUT2D eigenvalue weighted by Gasteiger charge is -2.18. The lowest BCUT2D eigenvalue weighted by Crippen LogP contribution is -2.28. The van der Waals surface area contributed by atoms with Gasteiger partial charge >= 0.3 is 0 Å². The highest BCUT2D eigenvalue weighted by molar-refractivity contribution is 7.92. The molecular formula is C14H20N4O2S. The fraction of sp³-hybridized carbons (Fsp3) is 0.429. The van der Waals surface area contributed by atoms with Crippen LogP contribution in [0.3, 0.4) is 0 Å². The fourth-order valence-electron chi connectivity index (χ4n) is 1.72. The molecule has 0 unspecified atom stereocenters. The topological polar surface area (TPSA) is 76.9 Å². The molecule has 0 radical (unpaired) electrons. The van der Waals surface area contributed by atoms with Crippen LogP contribution >= 0.6 is 0 Å². The first-order chi connectivity index (χ1) is 9.70. The first kappa shape index (κ1) is 15.5. The summed E-state index contributed by atoms with van der Waals surface area (Å²) >= 11 is 0. The number of sulfone groups is 1. The lowest BCUT2D eigenvalue weighted by molar-refractivity contribution is 0.556. The largest absolute Gasteiger partial charge is 0.380 e. The van der Waals surface area contributed by atoms with Crippen LogP contribution in [0.25, 0.3) is 0 Å². The number of anilines is 1. The molecule has 0 saturated heterocycles. The van der Waals surface area contributed by atoms with Crippen LogP contribution in [-0.4, -0.2) is 27.9 Å². The zero-order chi connectivity index (χ0) is 15.7. The van der Waals surface area contributed by atoms with Gasteiger partial charge in [0.05, 0.1) is 22.8 Å². The minimum absolute atomic E-state index is 0.0990. The van der Waals surface area contributed by atoms with Gasteiger partial charge in [-0.3, -0.25) is 4.68 Å². The fourth-order valence-corrected chi connectivity index (χ4v) is 2.79. The zero-order valence-corrected chi connectivity index (χ0v) is 13.5. The van der Waals surface area contributed by atoms with Crippen molar-refractivity contribution in [2.45, 2.75) is 37.1 Å². The van der Waals surface area contributed by atoms with Crippen molar-refractivity contribution in [2.24, 2.45) is 7.05 Å². The number of aryl methyl sites for hydroxylation is 1. The number of hydrogen-bond donors (Lipinski definition) is 1. The standard InChI is InChI=1S/C14H20N4O2S/c1-14(2,3)21(19,20)13-6-5-12(9-16-13)15-7-11-8-17-18(4)10-11/h5-6,8-10,15H,7H2,1-4H3. The van der Waals surface area contributed by atoms with E-state index in [9.17, 15) is 8.42 Å². The van der Waals surface area contributed by atoms with Gasteiger partial charge in [0.15, 0.2) is 14.9 Å². The minimum atomic E-state index is -3.41. The van der Waals surface area contributed by atoms with Gasteiger partial charge < -0.3 is 5.32 Å². The molecule has 0 aliphatic rings. The molecule has 0 fully saturated rings. The van der Waals surface area contributed by atoms with Gasteiger partial charge in [0.2, 0.25) is 0 Å². The number of pyridine rings is 1. The second-order valence-electron chi connectivity index (χ2n) is 5.88. The van der Waals surface area contributed by atoms with Crippen LogP contribution in [0.1, 0.15) is 26.3 Å². The zero-order valence-electron chi connectivity index (χ0n) is 12.7. The Labute approximate surface area is 125 Å². The van der Waals surface area contributed by atoms with Gasteiger partial charge in [-0.25, -0.2) is 13.4 Å².